The van der Waals surface area contributed by atoms with E-state index in [2.05, 4.69) is 16.0 Å². The summed E-state index contributed by atoms with van der Waals surface area (Å²) in [7, 11) is 0. The second kappa shape index (κ2) is 2.56. The van der Waals surface area contributed by atoms with Crippen LogP contribution in [0.5, 0.6) is 0 Å². The number of amides is 4. The molecule has 88 valence electrons. The molecule has 0 saturated carbocycles. The van der Waals surface area contributed by atoms with Crippen molar-refractivity contribution in [2.75, 3.05) is 0 Å². The lowest BCUT2D eigenvalue weighted by atomic mass is 9.70. The molecule has 0 aliphatic carbocycles. The molecule has 0 aromatic heterocycles. The SMILES string of the molecule is O=C1NC(=O)C2C3NC(C12)C1C(=O)NC(=O)C31. The number of fused-ring (bicyclic) bond motifs is 8. The van der Waals surface area contributed by atoms with E-state index in [-0.39, 0.29) is 35.7 Å². The summed E-state index contributed by atoms with van der Waals surface area (Å²) in [4.78, 5) is 46.6. The minimum atomic E-state index is -0.495. The van der Waals surface area contributed by atoms with E-state index in [1.165, 1.54) is 0 Å². The van der Waals surface area contributed by atoms with Crippen molar-refractivity contribution in [1.29, 1.82) is 0 Å². The number of carbonyl (C=O) groups is 4. The molecule has 2 bridgehead atoms. The fourth-order valence-electron chi connectivity index (χ4n) is 3.86. The van der Waals surface area contributed by atoms with Crippen LogP contribution in [0.2, 0.25) is 0 Å². The van der Waals surface area contributed by atoms with Crippen LogP contribution in [0, 0.1) is 23.7 Å². The average molecular weight is 235 g/mol. The third-order valence-corrected chi connectivity index (χ3v) is 4.41. The first-order valence-electron chi connectivity index (χ1n) is 5.55. The quantitative estimate of drug-likeness (QED) is 0.391. The van der Waals surface area contributed by atoms with E-state index in [1.54, 1.807) is 0 Å². The lowest BCUT2D eigenvalue weighted by Gasteiger charge is -2.25. The predicted octanol–water partition coefficient (Wildman–Crippen LogP) is -2.88. The van der Waals surface area contributed by atoms with E-state index in [1.807, 2.05) is 0 Å². The monoisotopic (exact) mass is 235 g/mol. The lowest BCUT2D eigenvalue weighted by Crippen LogP contribution is -2.42. The van der Waals surface area contributed by atoms with Gasteiger partial charge in [-0.05, 0) is 0 Å². The van der Waals surface area contributed by atoms with Crippen molar-refractivity contribution in [3.63, 3.8) is 0 Å². The van der Waals surface area contributed by atoms with Crippen LogP contribution < -0.4 is 16.0 Å². The Morgan fingerprint density at radius 1 is 0.588 bits per heavy atom. The van der Waals surface area contributed by atoms with Gasteiger partial charge in [0.1, 0.15) is 0 Å². The Bertz CT molecular complexity index is 418. The topological polar surface area (TPSA) is 104 Å². The zero-order valence-electron chi connectivity index (χ0n) is 8.60. The minimum absolute atomic E-state index is 0.328. The van der Waals surface area contributed by atoms with E-state index >= 15 is 0 Å². The third kappa shape index (κ3) is 0.845. The van der Waals surface area contributed by atoms with Gasteiger partial charge in [0, 0.05) is 12.1 Å². The second-order valence-corrected chi connectivity index (χ2v) is 5.03. The molecule has 4 saturated heterocycles. The van der Waals surface area contributed by atoms with Gasteiger partial charge in [-0.25, -0.2) is 0 Å². The Morgan fingerprint density at radius 2 is 0.882 bits per heavy atom. The van der Waals surface area contributed by atoms with E-state index in [0.717, 1.165) is 0 Å². The van der Waals surface area contributed by atoms with Crippen molar-refractivity contribution in [2.45, 2.75) is 12.1 Å². The molecule has 4 heterocycles. The fraction of sp³-hybridized carbons (Fsp3) is 0.600. The molecule has 4 rings (SSSR count). The maximum Gasteiger partial charge on any atom is 0.232 e. The summed E-state index contributed by atoms with van der Waals surface area (Å²) in [5.41, 5.74) is 0. The van der Waals surface area contributed by atoms with Crippen LogP contribution in [-0.4, -0.2) is 35.7 Å². The maximum absolute atomic E-state index is 11.6. The molecule has 7 heteroatoms. The Balaban J connectivity index is 1.82. The van der Waals surface area contributed by atoms with Crippen molar-refractivity contribution in [3.8, 4) is 0 Å². The second-order valence-electron chi connectivity index (χ2n) is 5.03. The van der Waals surface area contributed by atoms with Gasteiger partial charge in [-0.15, -0.1) is 0 Å². The highest BCUT2D eigenvalue weighted by atomic mass is 16.2. The van der Waals surface area contributed by atoms with Crippen LogP contribution in [0.15, 0.2) is 0 Å². The molecule has 4 aliphatic rings. The summed E-state index contributed by atoms with van der Waals surface area (Å²) in [6, 6.07) is -0.763. The first-order valence-corrected chi connectivity index (χ1v) is 5.55. The largest absolute Gasteiger partial charge is 0.308 e. The highest BCUT2D eigenvalue weighted by molar-refractivity contribution is 6.11. The van der Waals surface area contributed by atoms with Crippen molar-refractivity contribution in [2.24, 2.45) is 23.7 Å². The lowest BCUT2D eigenvalue weighted by molar-refractivity contribution is -0.126. The highest BCUT2D eigenvalue weighted by Gasteiger charge is 2.70. The van der Waals surface area contributed by atoms with E-state index < -0.39 is 23.7 Å². The zero-order valence-corrected chi connectivity index (χ0v) is 8.60. The van der Waals surface area contributed by atoms with Gasteiger partial charge in [0.25, 0.3) is 0 Å². The first kappa shape index (κ1) is 9.29. The molecule has 17 heavy (non-hydrogen) atoms. The molecular formula is C10H9N3O4. The summed E-state index contributed by atoms with van der Waals surface area (Å²) in [5, 5.41) is 7.65. The van der Waals surface area contributed by atoms with Gasteiger partial charge in [0.05, 0.1) is 23.7 Å². The summed E-state index contributed by atoms with van der Waals surface area (Å²) in [5.74, 6) is -3.29. The van der Waals surface area contributed by atoms with Crippen LogP contribution in [0.3, 0.4) is 0 Å². The minimum Gasteiger partial charge on any atom is -0.308 e. The van der Waals surface area contributed by atoms with Gasteiger partial charge in [-0.1, -0.05) is 0 Å². The van der Waals surface area contributed by atoms with Gasteiger partial charge < -0.3 is 5.32 Å². The molecule has 4 atom stereocenters. The van der Waals surface area contributed by atoms with Gasteiger partial charge in [0.15, 0.2) is 0 Å². The van der Waals surface area contributed by atoms with Crippen molar-refractivity contribution in [1.82, 2.24) is 16.0 Å². The number of hydrogen-bond acceptors (Lipinski definition) is 5. The van der Waals surface area contributed by atoms with Crippen molar-refractivity contribution in [3.05, 3.63) is 0 Å². The standard InChI is InChI=1S/C10H9N3O4/c14-7-1-2(8(15)12-7)6-4-3(5(1)11-6)9(16)13-10(4)17/h1-6,11H,(H,12,14,15)(H,13,16,17). The van der Waals surface area contributed by atoms with Gasteiger partial charge in [-0.3, -0.25) is 29.8 Å². The number of carbonyl (C=O) groups excluding carboxylic acids is 4. The van der Waals surface area contributed by atoms with Gasteiger partial charge in [-0.2, -0.15) is 0 Å². The maximum atomic E-state index is 11.6. The average Bonchev–Trinajstić information content (AvgIpc) is 2.92. The van der Waals surface area contributed by atoms with E-state index in [0.29, 0.717) is 0 Å². The Labute approximate surface area is 95.3 Å². The Kier molecular flexibility index (Phi) is 1.40. The number of hydrogen-bond donors (Lipinski definition) is 3. The molecule has 0 radical (unpaired) electrons. The highest BCUT2D eigenvalue weighted by Crippen LogP contribution is 2.49. The molecule has 4 unspecified atom stereocenters. The number of rotatable bonds is 0. The number of nitrogens with one attached hydrogen (secondary N) is 3. The zero-order chi connectivity index (χ0) is 11.9. The van der Waals surface area contributed by atoms with E-state index in [9.17, 15) is 19.2 Å². The smallest absolute Gasteiger partial charge is 0.232 e. The van der Waals surface area contributed by atoms with Crippen LogP contribution in [-0.2, 0) is 19.2 Å². The van der Waals surface area contributed by atoms with Crippen LogP contribution in [0.25, 0.3) is 0 Å². The molecule has 0 aromatic rings. The molecular weight excluding hydrogens is 226 g/mol. The van der Waals surface area contributed by atoms with E-state index in [4.69, 9.17) is 0 Å². The molecule has 4 amide bonds. The van der Waals surface area contributed by atoms with Gasteiger partial charge in [0.2, 0.25) is 23.6 Å². The number of imide groups is 2. The summed E-state index contributed by atoms with van der Waals surface area (Å²) < 4.78 is 0. The van der Waals surface area contributed by atoms with Crippen molar-refractivity contribution < 1.29 is 19.2 Å². The van der Waals surface area contributed by atoms with Crippen LogP contribution in [0.1, 0.15) is 0 Å². The molecule has 0 aromatic carbocycles. The van der Waals surface area contributed by atoms with Crippen LogP contribution in [0.4, 0.5) is 0 Å². The fourth-order valence-corrected chi connectivity index (χ4v) is 3.86. The Morgan fingerprint density at radius 3 is 1.18 bits per heavy atom. The predicted molar refractivity (Wildman–Crippen MR) is 51.0 cm³/mol. The Hall–Kier alpha value is -1.76. The molecule has 0 spiro atoms. The third-order valence-electron chi connectivity index (χ3n) is 4.41. The molecule has 4 aliphatic heterocycles. The van der Waals surface area contributed by atoms with Crippen LogP contribution >= 0.6 is 0 Å². The summed E-state index contributed by atoms with van der Waals surface area (Å²) >= 11 is 0. The molecule has 4 fully saturated rings. The molecule has 3 N–H and O–H groups in total. The van der Waals surface area contributed by atoms with Crippen molar-refractivity contribution >= 4 is 23.6 Å². The first-order chi connectivity index (χ1) is 8.09. The summed E-state index contributed by atoms with van der Waals surface area (Å²) in [6.45, 7) is 0. The summed E-state index contributed by atoms with van der Waals surface area (Å²) in [6.07, 6.45) is 0. The molecule has 7 nitrogen and oxygen atoms in total. The normalized spacial score (nSPS) is 50.4. The van der Waals surface area contributed by atoms with Gasteiger partial charge >= 0.3 is 0 Å².